The summed E-state index contributed by atoms with van der Waals surface area (Å²) in [6.07, 6.45) is 0.726. The molecule has 0 bridgehead atoms. The van der Waals surface area contributed by atoms with Gasteiger partial charge in [-0.3, -0.25) is 52.9 Å². The van der Waals surface area contributed by atoms with Crippen LogP contribution in [0.2, 0.25) is 0 Å². The molecule has 9 amide bonds. The molecule has 79 heavy (non-hydrogen) atoms. The average Bonchev–Trinajstić information content (AvgIpc) is 3.92. The van der Waals surface area contributed by atoms with Gasteiger partial charge >= 0.3 is 5.97 Å². The topological polar surface area (TPSA) is 476 Å². The Balaban J connectivity index is 2.28. The highest BCUT2D eigenvalue weighted by Crippen LogP contribution is 2.14. The molecule has 20 N–H and O–H groups in total. The van der Waals surface area contributed by atoms with Gasteiger partial charge in [-0.15, -0.1) is 0 Å². The zero-order chi connectivity index (χ0) is 59.4. The molecule has 11 atom stereocenters. The van der Waals surface area contributed by atoms with E-state index in [1.807, 2.05) is 0 Å². The van der Waals surface area contributed by atoms with E-state index in [9.17, 15) is 63.3 Å². The highest BCUT2D eigenvalue weighted by molar-refractivity contribution is 5.98. The Kier molecular flexibility index (Phi) is 29.7. The van der Waals surface area contributed by atoms with Gasteiger partial charge in [0.25, 0.3) is 0 Å². The molecule has 0 aliphatic heterocycles. The molecule has 1 aromatic heterocycles. The van der Waals surface area contributed by atoms with Gasteiger partial charge in [-0.2, -0.15) is 0 Å². The minimum absolute atomic E-state index is 0.00906. The number of imidazole rings is 1. The highest BCUT2D eigenvalue weighted by Gasteiger charge is 2.37. The number of aromatic amines is 1. The molecule has 0 saturated heterocycles. The Morgan fingerprint density at radius 2 is 1.28 bits per heavy atom. The van der Waals surface area contributed by atoms with Crippen molar-refractivity contribution in [3.8, 4) is 0 Å². The zero-order valence-electron chi connectivity index (χ0n) is 45.7. The molecule has 2 rings (SSSR count). The maximum Gasteiger partial charge on any atom is 0.323 e. The second-order valence-corrected chi connectivity index (χ2v) is 19.1. The number of nitrogens with two attached hydrogens (primary N) is 4. The molecule has 0 radical (unpaired) electrons. The summed E-state index contributed by atoms with van der Waals surface area (Å²) < 4.78 is 0. The number of aliphatic imine (C=N–C) groups is 1. The minimum Gasteiger partial charge on any atom is -0.480 e. The van der Waals surface area contributed by atoms with E-state index in [1.54, 1.807) is 51.1 Å². The second-order valence-electron chi connectivity index (χ2n) is 19.1. The maximum absolute atomic E-state index is 14.2. The first-order valence-corrected chi connectivity index (χ1v) is 26.1. The van der Waals surface area contributed by atoms with Crippen molar-refractivity contribution in [2.75, 3.05) is 32.7 Å². The summed E-state index contributed by atoms with van der Waals surface area (Å²) in [5.41, 5.74) is 23.3. The molecule has 1 unspecified atom stereocenters. The van der Waals surface area contributed by atoms with Crippen LogP contribution in [0.25, 0.3) is 0 Å². The standard InChI is InChI=1S/C50H82N16O13/c1-7-20-66(25-38(70)71)49(79)39(27(3)8-2)63-44(74)34(17-12-18-51)60-37(69)24-57-47(77)40(29(5)67)65-48(78)41(30(6)68)64-46(76)36(22-32-23-55-26-58-32)62-45(75)35(21-31-14-10-9-11-15-31)61-42(72)28(4)59-43(73)33(52)16-13-19-56-50(53)54/h9-11,14-15,23,26-30,33-36,39-41,67-68H,7-8,12-13,16-22,24-25,51-52H2,1-6H3,(H,55,58)(H,57,77)(H,59,73)(H,60,69)(H,61,72)(H,62,75)(H,63,74)(H,64,76)(H,65,78)(H,70,71)(H4,53,54,56)/t27?,28-,29+,30+,33-,34-,35+,36-,39-,40-,41-/m0/s1. The lowest BCUT2D eigenvalue weighted by molar-refractivity contribution is -0.146. The van der Waals surface area contributed by atoms with Crippen LogP contribution in [-0.4, -0.2) is 189 Å². The van der Waals surface area contributed by atoms with Crippen molar-refractivity contribution < 1.29 is 63.3 Å². The fraction of sp³-hybridized carbons (Fsp3) is 0.600. The van der Waals surface area contributed by atoms with Gasteiger partial charge in [0.15, 0.2) is 5.96 Å². The van der Waals surface area contributed by atoms with Crippen molar-refractivity contribution in [2.45, 2.75) is 153 Å². The SMILES string of the molecule is CCCN(CC(=O)O)C(=O)[C@@H](NC(=O)[C@H](CCCN)NC(=O)CNC(=O)[C@@H](NC(=O)[C@@H](NC(=O)[C@H](Cc1cnc[nH]1)NC(=O)[C@@H](Cc1ccccc1)NC(=O)[C@H](C)NC(=O)[C@@H](N)CCCN=C(N)N)[C@@H](C)O)[C@@H](C)O)C(C)CC. The van der Waals surface area contributed by atoms with Crippen LogP contribution < -0.4 is 65.5 Å². The molecule has 1 aromatic carbocycles. The van der Waals surface area contributed by atoms with E-state index >= 15 is 0 Å². The van der Waals surface area contributed by atoms with Crippen molar-refractivity contribution in [1.29, 1.82) is 0 Å². The van der Waals surface area contributed by atoms with Crippen molar-refractivity contribution >= 4 is 65.1 Å². The molecule has 0 fully saturated rings. The smallest absolute Gasteiger partial charge is 0.323 e. The number of aromatic nitrogens is 2. The molecule has 29 heteroatoms. The number of rotatable bonds is 36. The van der Waals surface area contributed by atoms with Crippen LogP contribution in [0.3, 0.4) is 0 Å². The number of hydrogen-bond donors (Lipinski definition) is 16. The molecular formula is C50H82N16O13. The lowest BCUT2D eigenvalue weighted by Gasteiger charge is -2.31. The summed E-state index contributed by atoms with van der Waals surface area (Å²) in [6, 6.07) is -2.58. The number of benzene rings is 1. The van der Waals surface area contributed by atoms with Gasteiger partial charge in [-0.1, -0.05) is 57.5 Å². The molecule has 0 spiro atoms. The molecule has 2 aromatic rings. The first-order chi connectivity index (χ1) is 37.3. The number of aliphatic carboxylic acids is 1. The number of aliphatic hydroxyl groups is 2. The van der Waals surface area contributed by atoms with Gasteiger partial charge in [0, 0.05) is 37.8 Å². The number of carbonyl (C=O) groups is 10. The summed E-state index contributed by atoms with van der Waals surface area (Å²) in [5.74, 6) is -9.69. The first-order valence-electron chi connectivity index (χ1n) is 26.1. The highest BCUT2D eigenvalue weighted by atomic mass is 16.4. The number of guanidine groups is 1. The molecule has 440 valence electrons. The largest absolute Gasteiger partial charge is 0.480 e. The summed E-state index contributed by atoms with van der Waals surface area (Å²) in [6.45, 7) is 8.00. The Bertz CT molecular complexity index is 2340. The van der Waals surface area contributed by atoms with E-state index in [1.165, 1.54) is 19.4 Å². The van der Waals surface area contributed by atoms with Crippen LogP contribution in [0, 0.1) is 5.92 Å². The maximum atomic E-state index is 14.2. The lowest BCUT2D eigenvalue weighted by atomic mass is 9.96. The van der Waals surface area contributed by atoms with Gasteiger partial charge in [-0.05, 0) is 70.9 Å². The zero-order valence-corrected chi connectivity index (χ0v) is 45.7. The lowest BCUT2D eigenvalue weighted by Crippen LogP contribution is -2.63. The Labute approximate surface area is 458 Å². The number of amides is 9. The van der Waals surface area contributed by atoms with Gasteiger partial charge in [0.05, 0.1) is 31.1 Å². The van der Waals surface area contributed by atoms with Crippen molar-refractivity contribution in [3.05, 3.63) is 54.1 Å². The minimum atomic E-state index is -1.83. The van der Waals surface area contributed by atoms with E-state index in [0.717, 1.165) is 18.7 Å². The van der Waals surface area contributed by atoms with E-state index in [2.05, 4.69) is 57.5 Å². The molecule has 1 heterocycles. The number of aliphatic hydroxyl groups excluding tert-OH is 2. The number of carbonyl (C=O) groups excluding carboxylic acids is 9. The number of carboxylic acid groups (broad SMARTS) is 1. The van der Waals surface area contributed by atoms with Crippen LogP contribution in [-0.2, 0) is 60.8 Å². The predicted octanol–water partition coefficient (Wildman–Crippen LogP) is -5.02. The summed E-state index contributed by atoms with van der Waals surface area (Å²) in [7, 11) is 0. The van der Waals surface area contributed by atoms with Crippen molar-refractivity contribution in [3.63, 3.8) is 0 Å². The number of nitrogens with one attached hydrogen (secondary N) is 9. The fourth-order valence-corrected chi connectivity index (χ4v) is 7.74. The number of nitrogens with zero attached hydrogens (tertiary/aromatic N) is 3. The van der Waals surface area contributed by atoms with Crippen LogP contribution >= 0.6 is 0 Å². The van der Waals surface area contributed by atoms with Crippen molar-refractivity contribution in [2.24, 2.45) is 33.8 Å². The van der Waals surface area contributed by atoms with E-state index in [0.29, 0.717) is 30.5 Å². The van der Waals surface area contributed by atoms with E-state index < -0.39 is 139 Å². The summed E-state index contributed by atoms with van der Waals surface area (Å²) in [4.78, 5) is 146. The fourth-order valence-electron chi connectivity index (χ4n) is 7.74. The normalized spacial score (nSPS) is 15.2. The van der Waals surface area contributed by atoms with Gasteiger partial charge in [-0.25, -0.2) is 4.98 Å². The molecule has 0 saturated carbocycles. The first kappa shape index (κ1) is 67.3. The van der Waals surface area contributed by atoms with Crippen LogP contribution in [0.15, 0.2) is 47.8 Å². The predicted molar refractivity (Wildman–Crippen MR) is 288 cm³/mol. The third kappa shape index (κ3) is 24.2. The molecule has 0 aliphatic carbocycles. The third-order valence-corrected chi connectivity index (χ3v) is 12.4. The number of H-pyrrole nitrogens is 1. The van der Waals surface area contributed by atoms with Crippen LogP contribution in [0.5, 0.6) is 0 Å². The second kappa shape index (κ2) is 34.9. The van der Waals surface area contributed by atoms with Crippen molar-refractivity contribution in [1.82, 2.24) is 57.4 Å². The van der Waals surface area contributed by atoms with Crippen LogP contribution in [0.4, 0.5) is 0 Å². The Hall–Kier alpha value is -7.76. The Morgan fingerprint density at radius 1 is 0.696 bits per heavy atom. The molecule has 29 nitrogen and oxygen atoms in total. The monoisotopic (exact) mass is 1110 g/mol. The molecular weight excluding hydrogens is 1030 g/mol. The number of hydrogen-bond acceptors (Lipinski definition) is 16. The molecule has 0 aliphatic rings. The van der Waals surface area contributed by atoms with Gasteiger partial charge in [0.2, 0.25) is 53.2 Å². The van der Waals surface area contributed by atoms with E-state index in [4.69, 9.17) is 22.9 Å². The Morgan fingerprint density at radius 3 is 1.85 bits per heavy atom. The average molecular weight is 1120 g/mol. The summed E-state index contributed by atoms with van der Waals surface area (Å²) in [5, 5.41) is 50.7. The van der Waals surface area contributed by atoms with Crippen LogP contribution in [0.1, 0.15) is 91.3 Å². The quantitative estimate of drug-likeness (QED) is 0.0173. The van der Waals surface area contributed by atoms with E-state index in [-0.39, 0.29) is 57.7 Å². The number of carboxylic acids is 1. The van der Waals surface area contributed by atoms with Gasteiger partial charge in [0.1, 0.15) is 48.8 Å². The van der Waals surface area contributed by atoms with Gasteiger partial charge < -0.3 is 90.7 Å². The summed E-state index contributed by atoms with van der Waals surface area (Å²) >= 11 is 0. The third-order valence-electron chi connectivity index (χ3n) is 12.4.